The molecular weight excluding hydrogens is 284 g/mol. The van der Waals surface area contributed by atoms with Crippen molar-refractivity contribution < 1.29 is 14.7 Å². The van der Waals surface area contributed by atoms with Crippen LogP contribution >= 0.6 is 0 Å². The standard InChI is InChI=1S/C15H18N4O3/c16-12(6-11-8-17-9-18-11)15(22)19-13(7-14(20)21)10-4-2-1-3-5-10/h1-5,8-9,12-13H,6-7,16H2,(H,17,18)(H,19,22)(H,20,21)/t12-,13+/m0/s1. The monoisotopic (exact) mass is 302 g/mol. The van der Waals surface area contributed by atoms with Crippen molar-refractivity contribution in [1.82, 2.24) is 15.3 Å². The average Bonchev–Trinajstić information content (AvgIpc) is 3.00. The van der Waals surface area contributed by atoms with Gasteiger partial charge >= 0.3 is 5.97 Å². The fourth-order valence-electron chi connectivity index (χ4n) is 2.12. The van der Waals surface area contributed by atoms with E-state index in [1.165, 1.54) is 6.33 Å². The number of amides is 1. The van der Waals surface area contributed by atoms with Crippen LogP contribution in [0.5, 0.6) is 0 Å². The first-order valence-corrected chi connectivity index (χ1v) is 6.86. The van der Waals surface area contributed by atoms with Crippen molar-refractivity contribution in [1.29, 1.82) is 0 Å². The highest BCUT2D eigenvalue weighted by molar-refractivity contribution is 5.82. The summed E-state index contributed by atoms with van der Waals surface area (Å²) in [5.74, 6) is -1.39. The second-order valence-electron chi connectivity index (χ2n) is 4.96. The number of carboxylic acid groups (broad SMARTS) is 1. The van der Waals surface area contributed by atoms with Crippen LogP contribution in [-0.2, 0) is 16.0 Å². The molecule has 0 bridgehead atoms. The highest BCUT2D eigenvalue weighted by atomic mass is 16.4. The first-order chi connectivity index (χ1) is 10.6. The van der Waals surface area contributed by atoms with E-state index in [2.05, 4.69) is 15.3 Å². The first kappa shape index (κ1) is 15.7. The molecule has 7 nitrogen and oxygen atoms in total. The van der Waals surface area contributed by atoms with Crippen LogP contribution in [0.1, 0.15) is 23.7 Å². The zero-order valence-electron chi connectivity index (χ0n) is 11.9. The molecule has 1 heterocycles. The highest BCUT2D eigenvalue weighted by Crippen LogP contribution is 2.16. The lowest BCUT2D eigenvalue weighted by atomic mass is 10.0. The minimum atomic E-state index is -0.990. The average molecular weight is 302 g/mol. The molecule has 22 heavy (non-hydrogen) atoms. The second-order valence-corrected chi connectivity index (χ2v) is 4.96. The Labute approximate surface area is 127 Å². The number of carboxylic acids is 1. The van der Waals surface area contributed by atoms with Gasteiger partial charge in [-0.2, -0.15) is 0 Å². The molecule has 116 valence electrons. The molecule has 0 saturated carbocycles. The van der Waals surface area contributed by atoms with E-state index in [0.29, 0.717) is 6.42 Å². The van der Waals surface area contributed by atoms with Gasteiger partial charge in [-0.15, -0.1) is 0 Å². The Bertz CT molecular complexity index is 613. The predicted molar refractivity (Wildman–Crippen MR) is 79.8 cm³/mol. The fraction of sp³-hybridized carbons (Fsp3) is 0.267. The van der Waals surface area contributed by atoms with Gasteiger partial charge in [-0.25, -0.2) is 4.98 Å². The van der Waals surface area contributed by atoms with E-state index in [9.17, 15) is 9.59 Å². The van der Waals surface area contributed by atoms with Crippen molar-refractivity contribution in [3.63, 3.8) is 0 Å². The number of aromatic nitrogens is 2. The normalized spacial score (nSPS) is 13.3. The molecule has 0 aliphatic carbocycles. The molecule has 0 aliphatic heterocycles. The van der Waals surface area contributed by atoms with Crippen molar-refractivity contribution in [2.75, 3.05) is 0 Å². The summed E-state index contributed by atoms with van der Waals surface area (Å²) >= 11 is 0. The number of hydrogen-bond acceptors (Lipinski definition) is 4. The molecule has 0 spiro atoms. The topological polar surface area (TPSA) is 121 Å². The van der Waals surface area contributed by atoms with Gasteiger partial charge in [-0.1, -0.05) is 30.3 Å². The second kappa shape index (κ2) is 7.37. The van der Waals surface area contributed by atoms with E-state index in [0.717, 1.165) is 11.3 Å². The summed E-state index contributed by atoms with van der Waals surface area (Å²) in [6.45, 7) is 0. The fourth-order valence-corrected chi connectivity index (χ4v) is 2.12. The SMILES string of the molecule is N[C@@H](Cc1cnc[nH]1)C(=O)N[C@H](CC(=O)O)c1ccccc1. The summed E-state index contributed by atoms with van der Waals surface area (Å²) in [7, 11) is 0. The number of carbonyl (C=O) groups is 2. The van der Waals surface area contributed by atoms with E-state index < -0.39 is 24.0 Å². The summed E-state index contributed by atoms with van der Waals surface area (Å²) in [6, 6.07) is 7.57. The van der Waals surface area contributed by atoms with Crippen molar-refractivity contribution in [2.45, 2.75) is 24.9 Å². The van der Waals surface area contributed by atoms with Crippen molar-refractivity contribution >= 4 is 11.9 Å². The van der Waals surface area contributed by atoms with Crippen molar-refractivity contribution in [3.05, 3.63) is 54.1 Å². The van der Waals surface area contributed by atoms with E-state index in [-0.39, 0.29) is 6.42 Å². The Morgan fingerprint density at radius 1 is 1.32 bits per heavy atom. The number of carbonyl (C=O) groups excluding carboxylic acids is 1. The van der Waals surface area contributed by atoms with Gasteiger partial charge in [0.2, 0.25) is 5.91 Å². The third-order valence-electron chi connectivity index (χ3n) is 3.23. The van der Waals surface area contributed by atoms with Gasteiger partial charge < -0.3 is 21.1 Å². The van der Waals surface area contributed by atoms with Gasteiger partial charge in [0.05, 0.1) is 24.8 Å². The first-order valence-electron chi connectivity index (χ1n) is 6.86. The molecule has 0 aliphatic rings. The molecule has 0 saturated heterocycles. The molecule has 2 atom stereocenters. The minimum absolute atomic E-state index is 0.202. The van der Waals surface area contributed by atoms with Crippen LogP contribution in [0.3, 0.4) is 0 Å². The van der Waals surface area contributed by atoms with Crippen LogP contribution < -0.4 is 11.1 Å². The molecule has 5 N–H and O–H groups in total. The number of nitrogens with one attached hydrogen (secondary N) is 2. The summed E-state index contributed by atoms with van der Waals surface area (Å²) < 4.78 is 0. The van der Waals surface area contributed by atoms with Crippen molar-refractivity contribution in [3.8, 4) is 0 Å². The summed E-state index contributed by atoms with van der Waals surface area (Å²) in [4.78, 5) is 29.9. The maximum atomic E-state index is 12.2. The summed E-state index contributed by atoms with van der Waals surface area (Å²) in [6.07, 6.45) is 3.21. The number of rotatable bonds is 7. The Morgan fingerprint density at radius 2 is 2.05 bits per heavy atom. The molecule has 1 aromatic heterocycles. The molecule has 7 heteroatoms. The Hall–Kier alpha value is -2.67. The molecule has 0 fully saturated rings. The largest absolute Gasteiger partial charge is 0.481 e. The number of aromatic amines is 1. The number of aliphatic carboxylic acids is 1. The van der Waals surface area contributed by atoms with Gasteiger partial charge in [-0.3, -0.25) is 9.59 Å². The lowest BCUT2D eigenvalue weighted by molar-refractivity contribution is -0.137. The zero-order valence-corrected chi connectivity index (χ0v) is 11.9. The quantitative estimate of drug-likeness (QED) is 0.597. The van der Waals surface area contributed by atoms with Gasteiger partial charge in [-0.05, 0) is 5.56 Å². The van der Waals surface area contributed by atoms with Gasteiger partial charge in [0.15, 0.2) is 0 Å². The van der Waals surface area contributed by atoms with Gasteiger partial charge in [0, 0.05) is 18.3 Å². The lowest BCUT2D eigenvalue weighted by Gasteiger charge is -2.20. The number of imidazole rings is 1. The molecular formula is C15H18N4O3. The van der Waals surface area contributed by atoms with Crippen LogP contribution in [0.4, 0.5) is 0 Å². The van der Waals surface area contributed by atoms with E-state index in [1.54, 1.807) is 30.5 Å². The molecule has 0 radical (unpaired) electrons. The number of hydrogen-bond donors (Lipinski definition) is 4. The predicted octanol–water partition coefficient (Wildman–Crippen LogP) is 0.612. The number of nitrogens with two attached hydrogens (primary N) is 1. The Kier molecular flexibility index (Phi) is 5.26. The summed E-state index contributed by atoms with van der Waals surface area (Å²) in [5.41, 5.74) is 7.33. The highest BCUT2D eigenvalue weighted by Gasteiger charge is 2.22. The third kappa shape index (κ3) is 4.42. The Balaban J connectivity index is 2.03. The Morgan fingerprint density at radius 3 is 2.64 bits per heavy atom. The minimum Gasteiger partial charge on any atom is -0.481 e. The molecule has 2 rings (SSSR count). The smallest absolute Gasteiger partial charge is 0.305 e. The van der Waals surface area contributed by atoms with Crippen LogP contribution in [0, 0.1) is 0 Å². The maximum Gasteiger partial charge on any atom is 0.305 e. The number of benzene rings is 1. The number of H-pyrrole nitrogens is 1. The van der Waals surface area contributed by atoms with Crippen LogP contribution in [-0.4, -0.2) is 33.0 Å². The van der Waals surface area contributed by atoms with E-state index in [4.69, 9.17) is 10.8 Å². The molecule has 1 amide bonds. The lowest BCUT2D eigenvalue weighted by Crippen LogP contribution is -2.44. The molecule has 1 aromatic carbocycles. The van der Waals surface area contributed by atoms with E-state index in [1.807, 2.05) is 6.07 Å². The molecule has 0 unspecified atom stereocenters. The van der Waals surface area contributed by atoms with Gasteiger partial charge in [0.25, 0.3) is 0 Å². The van der Waals surface area contributed by atoms with Crippen LogP contribution in [0.2, 0.25) is 0 Å². The molecule has 2 aromatic rings. The summed E-state index contributed by atoms with van der Waals surface area (Å²) in [5, 5.41) is 11.7. The van der Waals surface area contributed by atoms with Crippen LogP contribution in [0.15, 0.2) is 42.9 Å². The number of nitrogens with zero attached hydrogens (tertiary/aromatic N) is 1. The maximum absolute atomic E-state index is 12.2. The van der Waals surface area contributed by atoms with Crippen LogP contribution in [0.25, 0.3) is 0 Å². The zero-order chi connectivity index (χ0) is 15.9. The third-order valence-corrected chi connectivity index (χ3v) is 3.23. The van der Waals surface area contributed by atoms with Gasteiger partial charge in [0.1, 0.15) is 0 Å². The van der Waals surface area contributed by atoms with Crippen molar-refractivity contribution in [2.24, 2.45) is 5.73 Å². The van der Waals surface area contributed by atoms with E-state index >= 15 is 0 Å².